The van der Waals surface area contributed by atoms with Crippen LogP contribution < -0.4 is 0 Å². The Labute approximate surface area is 58.6 Å². The number of aromatic nitrogens is 2. The number of halogens is 1. The van der Waals surface area contributed by atoms with Crippen LogP contribution in [0.5, 0.6) is 0 Å². The molecule has 0 amide bonds. The highest BCUT2D eigenvalue weighted by molar-refractivity contribution is 6.21. The molecule has 0 fully saturated rings. The zero-order valence-corrected chi connectivity index (χ0v) is 5.60. The summed E-state index contributed by atoms with van der Waals surface area (Å²) in [4.78, 5) is 6.68. The molecule has 1 unspecified atom stereocenters. The van der Waals surface area contributed by atoms with Gasteiger partial charge in [-0.15, -0.1) is 18.2 Å². The molecule has 0 aliphatic rings. The van der Waals surface area contributed by atoms with Gasteiger partial charge in [-0.25, -0.2) is 4.98 Å². The molecule has 1 N–H and O–H groups in total. The van der Waals surface area contributed by atoms with Gasteiger partial charge < -0.3 is 4.98 Å². The first kappa shape index (κ1) is 6.36. The fourth-order valence-electron chi connectivity index (χ4n) is 0.544. The molecule has 2 nitrogen and oxygen atoms in total. The molecule has 1 aromatic rings. The van der Waals surface area contributed by atoms with Crippen LogP contribution in [0.25, 0.3) is 0 Å². The lowest BCUT2D eigenvalue weighted by atomic mass is 10.3. The molecule has 1 heterocycles. The number of hydrogen-bond acceptors (Lipinski definition) is 1. The van der Waals surface area contributed by atoms with E-state index in [1.54, 1.807) is 18.6 Å². The summed E-state index contributed by atoms with van der Waals surface area (Å²) >= 11 is 5.74. The highest BCUT2D eigenvalue weighted by atomic mass is 35.5. The lowest BCUT2D eigenvalue weighted by molar-refractivity contribution is 1.12. The van der Waals surface area contributed by atoms with Crippen LogP contribution in [-0.2, 0) is 0 Å². The van der Waals surface area contributed by atoms with Crippen molar-refractivity contribution >= 4 is 11.6 Å². The summed E-state index contributed by atoms with van der Waals surface area (Å²) in [5.74, 6) is 0. The lowest BCUT2D eigenvalue weighted by Crippen LogP contribution is -1.82. The van der Waals surface area contributed by atoms with E-state index >= 15 is 0 Å². The fraction of sp³-hybridized carbons (Fsp3) is 0.167. The lowest BCUT2D eigenvalue weighted by Gasteiger charge is -1.95. The molecule has 0 spiro atoms. The van der Waals surface area contributed by atoms with E-state index in [0.29, 0.717) is 0 Å². The maximum atomic E-state index is 5.74. The molecular weight excluding hydrogens is 136 g/mol. The van der Waals surface area contributed by atoms with Gasteiger partial charge in [-0.2, -0.15) is 0 Å². The average Bonchev–Trinajstić information content (AvgIpc) is 2.37. The fourth-order valence-corrected chi connectivity index (χ4v) is 0.664. The number of nitrogens with zero attached hydrogens (tertiary/aromatic N) is 1. The van der Waals surface area contributed by atoms with Gasteiger partial charge in [0.15, 0.2) is 0 Å². The van der Waals surface area contributed by atoms with Crippen molar-refractivity contribution < 1.29 is 0 Å². The second kappa shape index (κ2) is 2.69. The number of hydrogen-bond donors (Lipinski definition) is 1. The monoisotopic (exact) mass is 142 g/mol. The second-order valence-corrected chi connectivity index (χ2v) is 2.11. The first-order valence-corrected chi connectivity index (χ1v) is 3.03. The van der Waals surface area contributed by atoms with Crippen LogP contribution in [0.3, 0.4) is 0 Å². The number of nitrogens with one attached hydrogen (secondary N) is 1. The Balaban J connectivity index is 2.76. The maximum absolute atomic E-state index is 5.74. The molecule has 0 bridgehead atoms. The van der Waals surface area contributed by atoms with Gasteiger partial charge in [0.05, 0.1) is 17.4 Å². The molecule has 0 saturated carbocycles. The van der Waals surface area contributed by atoms with Crippen molar-refractivity contribution in [2.24, 2.45) is 0 Å². The summed E-state index contributed by atoms with van der Waals surface area (Å²) in [6.07, 6.45) is 4.92. The number of aromatic amines is 1. The van der Waals surface area contributed by atoms with Crippen LogP contribution >= 0.6 is 11.6 Å². The minimum absolute atomic E-state index is 0.146. The van der Waals surface area contributed by atoms with Gasteiger partial charge in [0, 0.05) is 6.20 Å². The number of alkyl halides is 1. The number of imidazole rings is 1. The highest BCUT2D eigenvalue weighted by Crippen LogP contribution is 2.16. The number of H-pyrrole nitrogens is 1. The molecule has 9 heavy (non-hydrogen) atoms. The Morgan fingerprint density at radius 3 is 3.11 bits per heavy atom. The third kappa shape index (κ3) is 1.33. The van der Waals surface area contributed by atoms with E-state index in [2.05, 4.69) is 16.5 Å². The highest BCUT2D eigenvalue weighted by Gasteiger charge is 2.01. The average molecular weight is 143 g/mol. The summed E-state index contributed by atoms with van der Waals surface area (Å²) in [5.41, 5.74) is 0.881. The number of rotatable bonds is 2. The van der Waals surface area contributed by atoms with Crippen LogP contribution in [0.15, 0.2) is 25.2 Å². The predicted molar refractivity (Wildman–Crippen MR) is 37.4 cm³/mol. The van der Waals surface area contributed by atoms with Crippen molar-refractivity contribution in [1.82, 2.24) is 9.97 Å². The second-order valence-electron chi connectivity index (χ2n) is 1.64. The smallest absolute Gasteiger partial charge is 0.0928 e. The van der Waals surface area contributed by atoms with Gasteiger partial charge >= 0.3 is 0 Å². The van der Waals surface area contributed by atoms with Gasteiger partial charge in [-0.1, -0.05) is 6.08 Å². The van der Waals surface area contributed by atoms with Crippen LogP contribution in [0.4, 0.5) is 0 Å². The van der Waals surface area contributed by atoms with E-state index in [9.17, 15) is 0 Å². The van der Waals surface area contributed by atoms with Crippen LogP contribution in [-0.4, -0.2) is 9.97 Å². The molecule has 0 aromatic carbocycles. The summed E-state index contributed by atoms with van der Waals surface area (Å²) in [7, 11) is 0. The molecular formula is C6H7ClN2. The quantitative estimate of drug-likeness (QED) is 0.496. The Hall–Kier alpha value is -0.760. The Bertz CT molecular complexity index is 181. The minimum atomic E-state index is -0.146. The molecule has 3 heteroatoms. The van der Waals surface area contributed by atoms with Crippen LogP contribution in [0.2, 0.25) is 0 Å². The van der Waals surface area contributed by atoms with Gasteiger partial charge in [-0.05, 0) is 0 Å². The summed E-state index contributed by atoms with van der Waals surface area (Å²) in [6, 6.07) is 0. The van der Waals surface area contributed by atoms with Crippen molar-refractivity contribution in [3.8, 4) is 0 Å². The van der Waals surface area contributed by atoms with E-state index in [1.165, 1.54) is 0 Å². The van der Waals surface area contributed by atoms with E-state index in [4.69, 9.17) is 11.6 Å². The van der Waals surface area contributed by atoms with Crippen molar-refractivity contribution in [2.45, 2.75) is 5.38 Å². The normalized spacial score (nSPS) is 13.0. The molecule has 0 aliphatic carbocycles. The first-order valence-electron chi connectivity index (χ1n) is 2.59. The SMILES string of the molecule is C=CC(Cl)c1cnc[nH]1. The van der Waals surface area contributed by atoms with E-state index in [1.807, 2.05) is 0 Å². The molecule has 1 aromatic heterocycles. The summed E-state index contributed by atoms with van der Waals surface area (Å²) in [6.45, 7) is 3.54. The predicted octanol–water partition coefficient (Wildman–Crippen LogP) is 1.88. The summed E-state index contributed by atoms with van der Waals surface area (Å²) in [5, 5.41) is -0.146. The molecule has 1 rings (SSSR count). The molecule has 0 aliphatic heterocycles. The Morgan fingerprint density at radius 2 is 2.67 bits per heavy atom. The Kier molecular flexibility index (Phi) is 1.90. The molecule has 48 valence electrons. The topological polar surface area (TPSA) is 28.7 Å². The van der Waals surface area contributed by atoms with Crippen LogP contribution in [0, 0.1) is 0 Å². The zero-order chi connectivity index (χ0) is 6.69. The molecule has 1 atom stereocenters. The van der Waals surface area contributed by atoms with E-state index in [-0.39, 0.29) is 5.38 Å². The standard InChI is InChI=1S/C6H7ClN2/c1-2-5(7)6-3-8-4-9-6/h2-5H,1H2,(H,8,9). The largest absolute Gasteiger partial charge is 0.347 e. The van der Waals surface area contributed by atoms with E-state index < -0.39 is 0 Å². The van der Waals surface area contributed by atoms with Crippen molar-refractivity contribution in [2.75, 3.05) is 0 Å². The van der Waals surface area contributed by atoms with Crippen LogP contribution in [0.1, 0.15) is 11.1 Å². The number of allylic oxidation sites excluding steroid dienone is 1. The molecule has 0 radical (unpaired) electrons. The Morgan fingerprint density at radius 1 is 1.89 bits per heavy atom. The van der Waals surface area contributed by atoms with E-state index in [0.717, 1.165) is 5.69 Å². The van der Waals surface area contributed by atoms with Crippen molar-refractivity contribution in [3.63, 3.8) is 0 Å². The van der Waals surface area contributed by atoms with Gasteiger partial charge in [0.25, 0.3) is 0 Å². The first-order chi connectivity index (χ1) is 4.34. The molecule has 0 saturated heterocycles. The third-order valence-corrected chi connectivity index (χ3v) is 1.44. The van der Waals surface area contributed by atoms with Crippen molar-refractivity contribution in [3.05, 3.63) is 30.9 Å². The van der Waals surface area contributed by atoms with Gasteiger partial charge in [0.1, 0.15) is 0 Å². The summed E-state index contributed by atoms with van der Waals surface area (Å²) < 4.78 is 0. The zero-order valence-electron chi connectivity index (χ0n) is 4.84. The van der Waals surface area contributed by atoms with Gasteiger partial charge in [0.2, 0.25) is 0 Å². The van der Waals surface area contributed by atoms with Crippen molar-refractivity contribution in [1.29, 1.82) is 0 Å². The maximum Gasteiger partial charge on any atom is 0.0928 e. The third-order valence-electron chi connectivity index (χ3n) is 1.02. The minimum Gasteiger partial charge on any atom is -0.347 e. The van der Waals surface area contributed by atoms with Gasteiger partial charge in [-0.3, -0.25) is 0 Å².